The van der Waals surface area contributed by atoms with Crippen LogP contribution in [0.5, 0.6) is 11.5 Å². The number of hydrogen-bond acceptors (Lipinski definition) is 28. The van der Waals surface area contributed by atoms with Crippen molar-refractivity contribution in [1.82, 2.24) is 0 Å². The molecule has 6 aromatic rings. The van der Waals surface area contributed by atoms with Gasteiger partial charge in [-0.3, -0.25) is 67.9 Å². The van der Waals surface area contributed by atoms with Crippen LogP contribution in [0.4, 0.5) is 0 Å². The maximum absolute atomic E-state index is 12.2. The van der Waals surface area contributed by atoms with Crippen molar-refractivity contribution in [2.24, 2.45) is 5.92 Å². The van der Waals surface area contributed by atoms with Crippen molar-refractivity contribution in [2.75, 3.05) is 106 Å². The monoisotopic (exact) mass is 1550 g/mol. The Labute approximate surface area is 607 Å². The first-order chi connectivity index (χ1) is 50.2. The summed E-state index contributed by atoms with van der Waals surface area (Å²) in [6.45, 7) is 12.2. The van der Waals surface area contributed by atoms with E-state index in [0.29, 0.717) is 24.9 Å². The van der Waals surface area contributed by atoms with Gasteiger partial charge in [0.25, 0.3) is 0 Å². The maximum Gasteiger partial charge on any atom is 0.475 e. The molecule has 0 saturated carbocycles. The molecule has 1 aliphatic carbocycles. The molecule has 0 amide bonds. The highest BCUT2D eigenvalue weighted by molar-refractivity contribution is 7.49. The molecule has 0 aromatic heterocycles. The second-order valence-corrected chi connectivity index (χ2v) is 35.6. The van der Waals surface area contributed by atoms with Gasteiger partial charge >= 0.3 is 51.1 Å². The number of carbonyl (C=O) groups is 2. The van der Waals surface area contributed by atoms with Crippen LogP contribution in [0.2, 0.25) is 0 Å². The van der Waals surface area contributed by atoms with Crippen molar-refractivity contribution in [3.63, 3.8) is 0 Å². The van der Waals surface area contributed by atoms with Crippen LogP contribution in [-0.4, -0.2) is 146 Å². The smallest absolute Gasteiger partial charge is 0.475 e. The Balaban J connectivity index is 0.000000117. The van der Waals surface area contributed by atoms with Crippen LogP contribution in [0, 0.1) is 19.8 Å². The number of hydrogen-bond donors (Lipinski definition) is 0. The molecule has 1 unspecified atom stereocenters. The van der Waals surface area contributed by atoms with E-state index < -0.39 is 79.1 Å². The number of esters is 2. The number of methoxy groups -OCH3 is 1. The summed E-state index contributed by atoms with van der Waals surface area (Å²) in [5.41, 5.74) is 4.62. The summed E-state index contributed by atoms with van der Waals surface area (Å²) in [5, 5.41) is 0. The Kier molecular flexibility index (Phi) is 23.3. The summed E-state index contributed by atoms with van der Waals surface area (Å²) in [6, 6.07) is 48.2. The summed E-state index contributed by atoms with van der Waals surface area (Å²) < 4.78 is 168. The molecule has 10 bridgehead atoms. The van der Waals surface area contributed by atoms with E-state index in [1.54, 1.807) is 6.07 Å². The Morgan fingerprint density at radius 3 is 1.30 bits per heavy atom. The summed E-state index contributed by atoms with van der Waals surface area (Å²) in [4.78, 5) is 23.7. The van der Waals surface area contributed by atoms with Gasteiger partial charge < -0.3 is 28.4 Å². The largest absolute Gasteiger partial charge is 0.480 e. The fourth-order valence-corrected chi connectivity index (χ4v) is 19.0. The Bertz CT molecular complexity index is 4280. The number of phosphoric ester groups is 5. The number of benzene rings is 6. The highest BCUT2D eigenvalue weighted by Gasteiger charge is 2.57. The molecule has 15 fully saturated rings. The molecule has 33 heteroatoms. The topological polar surface area (TPSA) is 313 Å². The van der Waals surface area contributed by atoms with Gasteiger partial charge in [-0.1, -0.05) is 158 Å². The Morgan fingerprint density at radius 1 is 0.410 bits per heavy atom. The van der Waals surface area contributed by atoms with Gasteiger partial charge in [0.15, 0.2) is 16.8 Å². The molecule has 16 aliphatic rings. The van der Waals surface area contributed by atoms with Crippen molar-refractivity contribution in [2.45, 2.75) is 80.7 Å². The van der Waals surface area contributed by atoms with Gasteiger partial charge in [0.05, 0.1) is 71.1 Å². The molecule has 22 rings (SSSR count). The highest BCUT2D eigenvalue weighted by atomic mass is 31.2. The summed E-state index contributed by atoms with van der Waals surface area (Å²) in [5.74, 6) is 0.668. The van der Waals surface area contributed by atoms with E-state index in [4.69, 9.17) is 91.5 Å². The zero-order valence-electron chi connectivity index (χ0n) is 58.2. The molecule has 105 heavy (non-hydrogen) atoms. The lowest BCUT2D eigenvalue weighted by Crippen LogP contribution is -2.55. The predicted octanol–water partition coefficient (Wildman–Crippen LogP) is 14.5. The molecule has 0 radical (unpaired) electrons. The fraction of sp³-hybridized carbons (Fsp3) is 0.417. The molecule has 0 spiro atoms. The Morgan fingerprint density at radius 2 is 0.829 bits per heavy atom. The highest BCUT2D eigenvalue weighted by Crippen LogP contribution is 2.62. The molecule has 6 aromatic carbocycles. The molecule has 15 heterocycles. The van der Waals surface area contributed by atoms with Crippen LogP contribution in [0.1, 0.15) is 68.8 Å². The minimum absolute atomic E-state index is 0.0172. The van der Waals surface area contributed by atoms with Crippen molar-refractivity contribution < 1.29 is 129 Å². The molecule has 15 aliphatic heterocycles. The number of aryl methyl sites for hydroxylation is 2. The average molecular weight is 1550 g/mol. The maximum atomic E-state index is 12.2. The second kappa shape index (κ2) is 31.8. The third-order valence-electron chi connectivity index (χ3n) is 18.5. The Hall–Kier alpha value is -6.19. The average Bonchev–Trinajstić information content (AvgIpc) is 0.833. The third kappa shape index (κ3) is 18.9. The summed E-state index contributed by atoms with van der Waals surface area (Å²) in [7, 11) is -15.3. The van der Waals surface area contributed by atoms with Crippen LogP contribution < -0.4 is 9.47 Å². The quantitative estimate of drug-likeness (QED) is 0.0642. The molecule has 15 saturated heterocycles. The van der Waals surface area contributed by atoms with Gasteiger partial charge in [-0.15, -0.1) is 0 Å². The van der Waals surface area contributed by atoms with Crippen LogP contribution in [-0.2, 0) is 128 Å². The minimum Gasteiger partial charge on any atom is -0.480 e. The normalized spacial score (nSPS) is 32.6. The van der Waals surface area contributed by atoms with Gasteiger partial charge in [0.2, 0.25) is 0 Å². The molecule has 562 valence electrons. The van der Waals surface area contributed by atoms with E-state index in [-0.39, 0.29) is 116 Å². The van der Waals surface area contributed by atoms with Gasteiger partial charge in [-0.2, -0.15) is 0 Å². The number of allylic oxidation sites excluding steroid dienone is 4. The summed E-state index contributed by atoms with van der Waals surface area (Å²) in [6.07, 6.45) is 9.71. The van der Waals surface area contributed by atoms with Crippen LogP contribution in [0.25, 0.3) is 11.1 Å². The van der Waals surface area contributed by atoms with Gasteiger partial charge in [0.1, 0.15) is 82.2 Å². The van der Waals surface area contributed by atoms with E-state index in [2.05, 4.69) is 86.2 Å². The third-order valence-corrected chi connectivity index (χ3v) is 25.2. The number of carbonyl (C=O) groups excluding carboxylic acids is 2. The number of rotatable bonds is 16. The zero-order valence-corrected chi connectivity index (χ0v) is 62.7. The number of ether oxygens (including phenoxy) is 6. The van der Waals surface area contributed by atoms with Gasteiger partial charge in [-0.05, 0) is 102 Å². The van der Waals surface area contributed by atoms with Crippen molar-refractivity contribution in [3.05, 3.63) is 215 Å². The SMILES string of the molecule is CC(C)(c1cccc(OC23COP(=O)(OC2)OC3)c1)C1C=CC=CC1.COC(=O)c1cccc(C(=O)OC23COP(=O)(OC2)OC3)c1.Cc1cccc(-c2ccc(OC34COP(=O)(OC3)OC4)cc2)c1.Cc1cccc(COC23COP(=O)(OC2)OC3)c1.O=P12OCC(OCc3ccccc3)(CO1)CO2. The molecular weight excluding hydrogens is 1470 g/mol. The van der Waals surface area contributed by atoms with E-state index in [1.165, 1.54) is 47.6 Å². The fourth-order valence-electron chi connectivity index (χ4n) is 12.0. The lowest BCUT2D eigenvalue weighted by molar-refractivity contribution is -0.188. The van der Waals surface area contributed by atoms with Gasteiger partial charge in [0, 0.05) is 0 Å². The molecule has 28 nitrogen and oxygen atoms in total. The summed E-state index contributed by atoms with van der Waals surface area (Å²) >= 11 is 0. The van der Waals surface area contributed by atoms with Crippen molar-refractivity contribution >= 4 is 51.1 Å². The number of fused-ring (bicyclic) bond motifs is 15. The first-order valence-electron chi connectivity index (χ1n) is 33.7. The molecule has 0 N–H and O–H groups in total. The number of phosphoric acid groups is 5. The first kappa shape index (κ1) is 77.0. The van der Waals surface area contributed by atoms with Crippen LogP contribution >= 0.6 is 39.1 Å². The van der Waals surface area contributed by atoms with Crippen molar-refractivity contribution in [3.8, 4) is 22.6 Å². The predicted molar refractivity (Wildman–Crippen MR) is 375 cm³/mol. The van der Waals surface area contributed by atoms with Gasteiger partial charge in [-0.25, -0.2) is 32.4 Å². The van der Waals surface area contributed by atoms with E-state index in [9.17, 15) is 32.4 Å². The molecular formula is C72H81O28P5. The van der Waals surface area contributed by atoms with Crippen molar-refractivity contribution in [1.29, 1.82) is 0 Å². The van der Waals surface area contributed by atoms with Crippen LogP contribution in [0.15, 0.2) is 176 Å². The molecule has 1 atom stereocenters. The zero-order chi connectivity index (χ0) is 73.7. The van der Waals surface area contributed by atoms with E-state index >= 15 is 0 Å². The lowest BCUT2D eigenvalue weighted by atomic mass is 9.71. The second-order valence-electron chi connectivity index (χ2n) is 27.3. The van der Waals surface area contributed by atoms with Crippen LogP contribution in [0.3, 0.4) is 0 Å². The lowest BCUT2D eigenvalue weighted by Gasteiger charge is -2.44. The first-order valence-corrected chi connectivity index (χ1v) is 41.0. The standard InChI is InChI=1S/C19H23O5P.C17H17O5P.C13H13O8P.C12H15O5P.C11H13O5P/c1-18(2,15-7-4-3-5-8-15)16-9-6-10-17(11-16)24-19-12-21-25(20,22-13-19)23-14-19;1-13-3-2-4-15(9-13)14-5-7-16(8-6-14)22-17-10-19-23(18,20-11-17)21-12-17;1-17-11(14)9-3-2-4-10(5-9)12(15)21-13-6-18-22(16,19-7-13)20-8-13;1-10-3-2-4-11(5-10)6-14-12-7-15-18(13,16-8-12)17-9-12;12-17-14-7-11(8-15-17,9-16-17)13-6-10-4-2-1-3-5-10/h3-7,9-11,15H,8,12-14H2,1-2H3;2-9H,10-12H2,1H3;2-5H,6-8H2,1H3;2-5H,6-9H2,1H3;1-5H,6-9H2. The van der Waals surface area contributed by atoms with E-state index in [0.717, 1.165) is 28.9 Å². The van der Waals surface area contributed by atoms with E-state index in [1.807, 2.05) is 97.9 Å². The minimum atomic E-state index is -3.46.